The number of allylic oxidation sites excluding steroid dienone is 1. The van der Waals surface area contributed by atoms with Gasteiger partial charge in [0.15, 0.2) is 4.20 Å². The van der Waals surface area contributed by atoms with E-state index >= 15 is 0 Å². The first-order valence-electron chi connectivity index (χ1n) is 5.79. The van der Waals surface area contributed by atoms with Crippen molar-refractivity contribution in [3.63, 3.8) is 0 Å². The summed E-state index contributed by atoms with van der Waals surface area (Å²) in [5.41, 5.74) is 3.22. The first-order chi connectivity index (χ1) is 8.79. The molecular formula is C13H10N2OS2. The van der Waals surface area contributed by atoms with Crippen LogP contribution in [0.4, 0.5) is 0 Å². The van der Waals surface area contributed by atoms with Crippen LogP contribution in [0.25, 0.3) is 5.70 Å². The molecule has 2 heterocycles. The molecule has 3 aliphatic rings. The third-order valence-corrected chi connectivity index (χ3v) is 6.33. The van der Waals surface area contributed by atoms with Crippen LogP contribution in [-0.4, -0.2) is 27.7 Å². The van der Waals surface area contributed by atoms with Crippen molar-refractivity contribution in [1.82, 2.24) is 5.32 Å². The number of benzene rings is 1. The van der Waals surface area contributed by atoms with Crippen LogP contribution in [0.15, 0.2) is 35.0 Å². The summed E-state index contributed by atoms with van der Waals surface area (Å²) in [6.45, 7) is 0. The van der Waals surface area contributed by atoms with Gasteiger partial charge in [0, 0.05) is 22.6 Å². The van der Waals surface area contributed by atoms with Crippen molar-refractivity contribution >= 4 is 41.2 Å². The first kappa shape index (κ1) is 10.7. The zero-order valence-electron chi connectivity index (χ0n) is 9.47. The second-order valence-electron chi connectivity index (χ2n) is 4.35. The predicted octanol–water partition coefficient (Wildman–Crippen LogP) is 2.36. The van der Waals surface area contributed by atoms with Crippen LogP contribution in [0.2, 0.25) is 0 Å². The first-order valence-corrected chi connectivity index (χ1v) is 7.76. The number of hydrogen-bond donors (Lipinski definition) is 1. The third-order valence-electron chi connectivity index (χ3n) is 3.27. The van der Waals surface area contributed by atoms with E-state index in [9.17, 15) is 4.79 Å². The Balaban J connectivity index is 1.84. The van der Waals surface area contributed by atoms with Crippen molar-refractivity contribution in [1.29, 1.82) is 0 Å². The van der Waals surface area contributed by atoms with Gasteiger partial charge in [-0.15, -0.1) is 23.5 Å². The number of carbonyl (C=O) groups is 1. The topological polar surface area (TPSA) is 41.5 Å². The molecule has 1 aromatic carbocycles. The summed E-state index contributed by atoms with van der Waals surface area (Å²) in [6, 6.07) is 7.72. The van der Waals surface area contributed by atoms with E-state index in [0.717, 1.165) is 28.3 Å². The van der Waals surface area contributed by atoms with Crippen LogP contribution in [-0.2, 0) is 0 Å². The molecular weight excluding hydrogens is 264 g/mol. The monoisotopic (exact) mass is 274 g/mol. The summed E-state index contributed by atoms with van der Waals surface area (Å²) in [7, 11) is 0. The molecule has 0 aromatic heterocycles. The number of hydrogen-bond acceptors (Lipinski definition) is 5. The standard InChI is InChI=1S/C13H10N2OS2/c16-12-9-4-2-1-3-8(9)10-11(12)14-7-13(15-10)17-5-6-18-13/h1-4,7,15H,5-6H2. The fourth-order valence-electron chi connectivity index (χ4n) is 2.45. The molecule has 2 aliphatic heterocycles. The van der Waals surface area contributed by atoms with Gasteiger partial charge < -0.3 is 5.32 Å². The Kier molecular flexibility index (Phi) is 2.17. The quantitative estimate of drug-likeness (QED) is 0.788. The van der Waals surface area contributed by atoms with Gasteiger partial charge in [-0.25, -0.2) is 0 Å². The maximum atomic E-state index is 12.2. The van der Waals surface area contributed by atoms with Crippen LogP contribution in [0.1, 0.15) is 15.9 Å². The van der Waals surface area contributed by atoms with E-state index in [-0.39, 0.29) is 9.99 Å². The molecule has 1 aromatic rings. The van der Waals surface area contributed by atoms with Crippen molar-refractivity contribution in [3.8, 4) is 0 Å². The van der Waals surface area contributed by atoms with E-state index in [1.165, 1.54) is 0 Å². The molecule has 0 saturated carbocycles. The van der Waals surface area contributed by atoms with Gasteiger partial charge in [-0.2, -0.15) is 0 Å². The average molecular weight is 274 g/mol. The summed E-state index contributed by atoms with van der Waals surface area (Å²) in [4.78, 5) is 16.6. The molecule has 1 aliphatic carbocycles. The zero-order chi connectivity index (χ0) is 12.2. The molecule has 1 N–H and O–H groups in total. The fourth-order valence-corrected chi connectivity index (χ4v) is 5.16. The maximum absolute atomic E-state index is 12.2. The number of aliphatic imine (C=N–C) groups is 1. The minimum atomic E-state index is -0.170. The minimum absolute atomic E-state index is 0.0344. The van der Waals surface area contributed by atoms with Gasteiger partial charge >= 0.3 is 0 Å². The number of Topliss-reactive ketones (excluding diaryl/α,β-unsaturated/α-hetero) is 1. The van der Waals surface area contributed by atoms with Crippen molar-refractivity contribution in [2.24, 2.45) is 4.99 Å². The van der Waals surface area contributed by atoms with Crippen molar-refractivity contribution < 1.29 is 4.79 Å². The van der Waals surface area contributed by atoms with Gasteiger partial charge in [-0.1, -0.05) is 24.3 Å². The van der Waals surface area contributed by atoms with E-state index in [0.29, 0.717) is 5.70 Å². The number of nitrogens with one attached hydrogen (secondary N) is 1. The molecule has 3 nitrogen and oxygen atoms in total. The van der Waals surface area contributed by atoms with Gasteiger partial charge in [-0.05, 0) is 0 Å². The summed E-state index contributed by atoms with van der Waals surface area (Å²) in [5.74, 6) is 2.26. The minimum Gasteiger partial charge on any atom is -0.356 e. The van der Waals surface area contributed by atoms with Crippen LogP contribution < -0.4 is 5.32 Å². The number of rotatable bonds is 0. The Morgan fingerprint density at radius 1 is 1.17 bits per heavy atom. The number of fused-ring (bicyclic) bond motifs is 2. The van der Waals surface area contributed by atoms with Gasteiger partial charge in [0.1, 0.15) is 5.70 Å². The number of thioether (sulfide) groups is 2. The van der Waals surface area contributed by atoms with Gasteiger partial charge in [0.05, 0.1) is 11.9 Å². The number of nitrogens with zero attached hydrogens (tertiary/aromatic N) is 1. The zero-order valence-corrected chi connectivity index (χ0v) is 11.1. The molecule has 0 radical (unpaired) electrons. The van der Waals surface area contributed by atoms with Crippen LogP contribution >= 0.6 is 23.5 Å². The lowest BCUT2D eigenvalue weighted by molar-refractivity contribution is 0.103. The molecule has 0 unspecified atom stereocenters. The van der Waals surface area contributed by atoms with Gasteiger partial charge in [0.25, 0.3) is 0 Å². The van der Waals surface area contributed by atoms with E-state index < -0.39 is 0 Å². The van der Waals surface area contributed by atoms with Crippen LogP contribution in [0.5, 0.6) is 0 Å². The predicted molar refractivity (Wildman–Crippen MR) is 77.0 cm³/mol. The molecule has 1 spiro atoms. The SMILES string of the molecule is O=C1C2=C(NC3(C=N2)SCCS3)c2ccccc21. The van der Waals surface area contributed by atoms with E-state index in [1.54, 1.807) is 0 Å². The summed E-state index contributed by atoms with van der Waals surface area (Å²) >= 11 is 3.70. The number of ketones is 1. The van der Waals surface area contributed by atoms with Gasteiger partial charge in [-0.3, -0.25) is 9.79 Å². The molecule has 4 rings (SSSR count). The molecule has 0 atom stereocenters. The highest BCUT2D eigenvalue weighted by Gasteiger charge is 2.42. The second kappa shape index (κ2) is 3.65. The largest absolute Gasteiger partial charge is 0.356 e. The Morgan fingerprint density at radius 3 is 2.67 bits per heavy atom. The third kappa shape index (κ3) is 1.34. The smallest absolute Gasteiger partial charge is 0.214 e. The Bertz CT molecular complexity index is 615. The summed E-state index contributed by atoms with van der Waals surface area (Å²) in [6.07, 6.45) is 1.89. The summed E-state index contributed by atoms with van der Waals surface area (Å²) < 4.78 is -0.170. The van der Waals surface area contributed by atoms with Crippen molar-refractivity contribution in [2.45, 2.75) is 4.20 Å². The van der Waals surface area contributed by atoms with Crippen LogP contribution in [0.3, 0.4) is 0 Å². The Hall–Kier alpha value is -1.20. The van der Waals surface area contributed by atoms with E-state index in [2.05, 4.69) is 10.3 Å². The molecule has 1 fully saturated rings. The Labute approximate surface area is 113 Å². The molecule has 90 valence electrons. The van der Waals surface area contributed by atoms with E-state index in [4.69, 9.17) is 0 Å². The van der Waals surface area contributed by atoms with Crippen molar-refractivity contribution in [3.05, 3.63) is 41.1 Å². The highest BCUT2D eigenvalue weighted by Crippen LogP contribution is 2.46. The molecule has 18 heavy (non-hydrogen) atoms. The second-order valence-corrected chi connectivity index (χ2v) is 7.29. The lowest BCUT2D eigenvalue weighted by Gasteiger charge is -2.29. The molecule has 0 bridgehead atoms. The molecule has 1 saturated heterocycles. The fraction of sp³-hybridized carbons (Fsp3) is 0.231. The van der Waals surface area contributed by atoms with E-state index in [1.807, 2.05) is 54.0 Å². The lowest BCUT2D eigenvalue weighted by Crippen LogP contribution is -2.39. The highest BCUT2D eigenvalue weighted by molar-refractivity contribution is 8.22. The molecule has 5 heteroatoms. The Morgan fingerprint density at radius 2 is 1.89 bits per heavy atom. The number of carbonyl (C=O) groups excluding carboxylic acids is 1. The van der Waals surface area contributed by atoms with Crippen molar-refractivity contribution in [2.75, 3.05) is 11.5 Å². The summed E-state index contributed by atoms with van der Waals surface area (Å²) in [5, 5.41) is 3.51. The normalized spacial score (nSPS) is 23.2. The lowest BCUT2D eigenvalue weighted by atomic mass is 10.1. The molecule has 0 amide bonds. The maximum Gasteiger partial charge on any atom is 0.214 e. The van der Waals surface area contributed by atoms with Gasteiger partial charge in [0.2, 0.25) is 5.78 Å². The average Bonchev–Trinajstić information content (AvgIpc) is 2.96. The highest BCUT2D eigenvalue weighted by atomic mass is 32.2. The van der Waals surface area contributed by atoms with Crippen LogP contribution in [0, 0.1) is 0 Å².